The van der Waals surface area contributed by atoms with E-state index in [1.807, 2.05) is 0 Å². The van der Waals surface area contributed by atoms with Gasteiger partial charge in [0.2, 0.25) is 0 Å². The molecule has 2 atom stereocenters. The molecule has 2 unspecified atom stereocenters. The lowest BCUT2D eigenvalue weighted by Gasteiger charge is -2.43. The van der Waals surface area contributed by atoms with Crippen molar-refractivity contribution in [2.24, 2.45) is 5.92 Å². The number of ether oxygens (including phenoxy) is 1. The Morgan fingerprint density at radius 1 is 1.20 bits per heavy atom. The highest BCUT2D eigenvalue weighted by atomic mass is 19.4. The Hall–Kier alpha value is -1.76. The second kappa shape index (κ2) is 6.86. The number of rotatable bonds is 2. The number of likely N-dealkylation sites (tertiary alicyclic amines) is 1. The first kappa shape index (κ1) is 19.6. The molecule has 4 nitrogen and oxygen atoms in total. The van der Waals surface area contributed by atoms with Gasteiger partial charge in [0.15, 0.2) is 5.60 Å². The van der Waals surface area contributed by atoms with E-state index >= 15 is 0 Å². The van der Waals surface area contributed by atoms with Crippen LogP contribution in [0.1, 0.15) is 39.2 Å². The minimum atomic E-state index is -4.85. The van der Waals surface area contributed by atoms with Gasteiger partial charge in [-0.15, -0.1) is 0 Å². The highest BCUT2D eigenvalue weighted by Crippen LogP contribution is 2.47. The van der Waals surface area contributed by atoms with Crippen molar-refractivity contribution < 1.29 is 27.8 Å². The van der Waals surface area contributed by atoms with Crippen molar-refractivity contribution in [3.63, 3.8) is 0 Å². The molecule has 1 aliphatic heterocycles. The molecular weight excluding hydrogens is 335 g/mol. The molecular formula is C18H24F3NO3. The fourth-order valence-corrected chi connectivity index (χ4v) is 3.13. The molecule has 140 valence electrons. The van der Waals surface area contributed by atoms with Crippen LogP contribution in [0.15, 0.2) is 30.3 Å². The first-order chi connectivity index (χ1) is 11.4. The van der Waals surface area contributed by atoms with E-state index < -0.39 is 29.4 Å². The van der Waals surface area contributed by atoms with E-state index in [1.165, 1.54) is 29.2 Å². The van der Waals surface area contributed by atoms with Crippen LogP contribution in [0.4, 0.5) is 18.0 Å². The largest absolute Gasteiger partial charge is 0.444 e. The third kappa shape index (κ3) is 4.26. The number of piperidine rings is 1. The molecule has 1 aliphatic rings. The van der Waals surface area contributed by atoms with Crippen molar-refractivity contribution in [2.45, 2.75) is 51.0 Å². The molecule has 1 N–H and O–H groups in total. The van der Waals surface area contributed by atoms with Crippen LogP contribution in [0, 0.1) is 5.92 Å². The second-order valence-corrected chi connectivity index (χ2v) is 7.40. The van der Waals surface area contributed by atoms with Crippen molar-refractivity contribution in [2.75, 3.05) is 13.1 Å². The van der Waals surface area contributed by atoms with Gasteiger partial charge in [-0.05, 0) is 39.2 Å². The van der Waals surface area contributed by atoms with Crippen LogP contribution in [-0.4, -0.2) is 41.0 Å². The van der Waals surface area contributed by atoms with Gasteiger partial charge in [0.25, 0.3) is 0 Å². The first-order valence-corrected chi connectivity index (χ1v) is 8.27. The van der Waals surface area contributed by atoms with Gasteiger partial charge < -0.3 is 14.7 Å². The molecule has 1 heterocycles. The molecule has 7 heteroatoms. The van der Waals surface area contributed by atoms with Crippen LogP contribution < -0.4 is 0 Å². The third-order valence-corrected chi connectivity index (χ3v) is 4.31. The Labute approximate surface area is 145 Å². The predicted octanol–water partition coefficient (Wildman–Crippen LogP) is 4.08. The van der Waals surface area contributed by atoms with Crippen LogP contribution in [0.5, 0.6) is 0 Å². The number of carbonyl (C=O) groups excluding carboxylic acids is 1. The fraction of sp³-hybridized carbons (Fsp3) is 0.611. The molecule has 2 rings (SSSR count). The van der Waals surface area contributed by atoms with Crippen molar-refractivity contribution in [1.29, 1.82) is 0 Å². The average Bonchev–Trinajstić information content (AvgIpc) is 2.52. The topological polar surface area (TPSA) is 49.8 Å². The van der Waals surface area contributed by atoms with Gasteiger partial charge >= 0.3 is 12.3 Å². The van der Waals surface area contributed by atoms with E-state index in [4.69, 9.17) is 4.74 Å². The number of amides is 1. The van der Waals surface area contributed by atoms with Crippen molar-refractivity contribution in [3.8, 4) is 0 Å². The quantitative estimate of drug-likeness (QED) is 0.865. The van der Waals surface area contributed by atoms with Gasteiger partial charge in [-0.2, -0.15) is 13.2 Å². The Kier molecular flexibility index (Phi) is 5.37. The summed E-state index contributed by atoms with van der Waals surface area (Å²) < 4.78 is 46.6. The van der Waals surface area contributed by atoms with E-state index in [0.29, 0.717) is 13.0 Å². The van der Waals surface area contributed by atoms with Gasteiger partial charge in [0.05, 0.1) is 0 Å². The van der Waals surface area contributed by atoms with Crippen molar-refractivity contribution in [1.82, 2.24) is 4.90 Å². The summed E-state index contributed by atoms with van der Waals surface area (Å²) in [6.07, 6.45) is -4.97. The molecule has 0 spiro atoms. The number of nitrogens with zero attached hydrogens (tertiary/aromatic N) is 1. The second-order valence-electron chi connectivity index (χ2n) is 7.40. The lowest BCUT2D eigenvalue weighted by molar-refractivity contribution is -0.290. The summed E-state index contributed by atoms with van der Waals surface area (Å²) in [4.78, 5) is 13.5. The van der Waals surface area contributed by atoms with Crippen LogP contribution in [0.3, 0.4) is 0 Å². The molecule has 1 aromatic carbocycles. The predicted molar refractivity (Wildman–Crippen MR) is 86.9 cm³/mol. The summed E-state index contributed by atoms with van der Waals surface area (Å²) >= 11 is 0. The Balaban J connectivity index is 2.28. The van der Waals surface area contributed by atoms with Gasteiger partial charge in [-0.25, -0.2) is 4.79 Å². The standard InChI is InChI=1S/C18H24F3NO3/c1-16(2,3)25-15(23)22-11-7-10-14(12-22)17(24,18(19,20)21)13-8-5-4-6-9-13/h4-6,8-9,14,24H,7,10-12H2,1-3H3. The fourth-order valence-electron chi connectivity index (χ4n) is 3.13. The molecule has 1 fully saturated rings. The van der Waals surface area contributed by atoms with Crippen LogP contribution >= 0.6 is 0 Å². The lowest BCUT2D eigenvalue weighted by atomic mass is 9.76. The van der Waals surface area contributed by atoms with E-state index in [1.54, 1.807) is 26.8 Å². The van der Waals surface area contributed by atoms with Crippen molar-refractivity contribution in [3.05, 3.63) is 35.9 Å². The minimum Gasteiger partial charge on any atom is -0.444 e. The van der Waals surface area contributed by atoms with Crippen LogP contribution in [0.2, 0.25) is 0 Å². The number of carbonyl (C=O) groups is 1. The molecule has 0 radical (unpaired) electrons. The Morgan fingerprint density at radius 2 is 1.80 bits per heavy atom. The summed E-state index contributed by atoms with van der Waals surface area (Å²) in [6.45, 7) is 5.20. The summed E-state index contributed by atoms with van der Waals surface area (Å²) in [5.41, 5.74) is -3.95. The number of alkyl halides is 3. The van der Waals surface area contributed by atoms with Gasteiger partial charge in [0, 0.05) is 19.0 Å². The average molecular weight is 359 g/mol. The van der Waals surface area contributed by atoms with Gasteiger partial charge in [-0.1, -0.05) is 30.3 Å². The van der Waals surface area contributed by atoms with Gasteiger partial charge in [0.1, 0.15) is 5.60 Å². The molecule has 1 amide bonds. The first-order valence-electron chi connectivity index (χ1n) is 8.27. The molecule has 25 heavy (non-hydrogen) atoms. The summed E-state index contributed by atoms with van der Waals surface area (Å²) in [5.74, 6) is -1.16. The zero-order valence-electron chi connectivity index (χ0n) is 14.6. The molecule has 0 bridgehead atoms. The zero-order valence-corrected chi connectivity index (χ0v) is 14.6. The molecule has 1 aromatic rings. The Morgan fingerprint density at radius 3 is 2.32 bits per heavy atom. The summed E-state index contributed by atoms with van der Waals surface area (Å²) in [6, 6.07) is 7.04. The van der Waals surface area contributed by atoms with Crippen LogP contribution in [0.25, 0.3) is 0 Å². The summed E-state index contributed by atoms with van der Waals surface area (Å²) in [5, 5.41) is 10.7. The highest BCUT2D eigenvalue weighted by molar-refractivity contribution is 5.68. The van der Waals surface area contributed by atoms with E-state index in [9.17, 15) is 23.1 Å². The van der Waals surface area contributed by atoms with Gasteiger partial charge in [-0.3, -0.25) is 0 Å². The number of benzene rings is 1. The lowest BCUT2D eigenvalue weighted by Crippen LogP contribution is -2.55. The monoisotopic (exact) mass is 359 g/mol. The van der Waals surface area contributed by atoms with E-state index in [0.717, 1.165) is 0 Å². The maximum absolute atomic E-state index is 13.8. The number of hydrogen-bond acceptors (Lipinski definition) is 3. The molecule has 0 saturated carbocycles. The smallest absolute Gasteiger partial charge is 0.421 e. The van der Waals surface area contributed by atoms with E-state index in [-0.39, 0.29) is 18.5 Å². The zero-order chi connectivity index (χ0) is 18.9. The number of aliphatic hydroxyl groups is 1. The van der Waals surface area contributed by atoms with E-state index in [2.05, 4.69) is 0 Å². The molecule has 1 saturated heterocycles. The maximum Gasteiger partial charge on any atom is 0.421 e. The number of halogens is 3. The number of hydrogen-bond donors (Lipinski definition) is 1. The van der Waals surface area contributed by atoms with Crippen LogP contribution in [-0.2, 0) is 10.3 Å². The Bertz CT molecular complexity index is 598. The third-order valence-electron chi connectivity index (χ3n) is 4.31. The summed E-state index contributed by atoms with van der Waals surface area (Å²) in [7, 11) is 0. The van der Waals surface area contributed by atoms with Crippen molar-refractivity contribution >= 4 is 6.09 Å². The molecule has 0 aromatic heterocycles. The maximum atomic E-state index is 13.8. The minimum absolute atomic E-state index is 0.171. The molecule has 0 aliphatic carbocycles. The SMILES string of the molecule is CC(C)(C)OC(=O)N1CCCC(C(O)(c2ccccc2)C(F)(F)F)C1. The normalized spacial score (nSPS) is 21.6. The highest BCUT2D eigenvalue weighted by Gasteiger charge is 2.60.